The predicted molar refractivity (Wildman–Crippen MR) is 166 cm³/mol. The zero-order valence-corrected chi connectivity index (χ0v) is 24.2. The summed E-state index contributed by atoms with van der Waals surface area (Å²) in [6.07, 6.45) is 15.9. The van der Waals surface area contributed by atoms with Crippen LogP contribution in [0.3, 0.4) is 0 Å². The number of amides is 1. The van der Waals surface area contributed by atoms with Crippen LogP contribution < -0.4 is 5.32 Å². The van der Waals surface area contributed by atoms with Gasteiger partial charge in [0.15, 0.2) is 0 Å². The van der Waals surface area contributed by atoms with Crippen molar-refractivity contribution in [1.29, 1.82) is 0 Å². The Morgan fingerprint density at radius 3 is 2.10 bits per heavy atom. The minimum absolute atomic E-state index is 0.0315. The number of hydrogen-bond donors (Lipinski definition) is 2. The lowest BCUT2D eigenvalue weighted by Crippen LogP contribution is -2.34. The molecule has 3 aromatic rings. The third-order valence-electron chi connectivity index (χ3n) is 7.63. The van der Waals surface area contributed by atoms with Crippen molar-refractivity contribution < 1.29 is 9.90 Å². The zero-order valence-electron chi connectivity index (χ0n) is 23.4. The molecular formula is C34H44N2O2S. The lowest BCUT2D eigenvalue weighted by Gasteiger charge is -2.29. The SMILES string of the molecule is CCCCCCCCCCCCCCN1C(NC(=O)c2ccc3ccccc3c2O)=CSC1c1ccccc1. The number of carbonyl (C=O) groups is 1. The van der Waals surface area contributed by atoms with E-state index in [1.165, 1.54) is 76.2 Å². The topological polar surface area (TPSA) is 52.6 Å². The Bertz CT molecular complexity index is 1210. The lowest BCUT2D eigenvalue weighted by atomic mass is 10.0. The Morgan fingerprint density at radius 1 is 0.795 bits per heavy atom. The Kier molecular flexibility index (Phi) is 11.6. The van der Waals surface area contributed by atoms with Gasteiger partial charge in [0.05, 0.1) is 5.56 Å². The second-order valence-corrected chi connectivity index (χ2v) is 11.6. The van der Waals surface area contributed by atoms with Crippen LogP contribution in [-0.4, -0.2) is 22.5 Å². The molecule has 208 valence electrons. The van der Waals surface area contributed by atoms with Gasteiger partial charge in [-0.3, -0.25) is 4.79 Å². The summed E-state index contributed by atoms with van der Waals surface area (Å²) in [6, 6.07) is 21.7. The van der Waals surface area contributed by atoms with Gasteiger partial charge in [-0.25, -0.2) is 0 Å². The Labute approximate surface area is 238 Å². The van der Waals surface area contributed by atoms with Gasteiger partial charge in [-0.05, 0) is 23.4 Å². The van der Waals surface area contributed by atoms with Crippen molar-refractivity contribution in [3.63, 3.8) is 0 Å². The van der Waals surface area contributed by atoms with Crippen LogP contribution in [0, 0.1) is 0 Å². The highest BCUT2D eigenvalue weighted by molar-refractivity contribution is 8.02. The van der Waals surface area contributed by atoms with Gasteiger partial charge in [-0.15, -0.1) is 11.8 Å². The molecule has 0 fully saturated rings. The maximum absolute atomic E-state index is 13.3. The number of carbonyl (C=O) groups excluding carboxylic acids is 1. The minimum atomic E-state index is -0.279. The first-order valence-electron chi connectivity index (χ1n) is 14.9. The number of hydrogen-bond acceptors (Lipinski definition) is 4. The number of aromatic hydroxyl groups is 1. The van der Waals surface area contributed by atoms with Crippen molar-refractivity contribution in [3.8, 4) is 5.75 Å². The number of unbranched alkanes of at least 4 members (excludes halogenated alkanes) is 11. The molecule has 0 saturated heterocycles. The summed E-state index contributed by atoms with van der Waals surface area (Å²) in [4.78, 5) is 15.6. The second-order valence-electron chi connectivity index (χ2n) is 10.6. The zero-order chi connectivity index (χ0) is 27.3. The Morgan fingerprint density at radius 2 is 1.41 bits per heavy atom. The highest BCUT2D eigenvalue weighted by Gasteiger charge is 2.29. The van der Waals surface area contributed by atoms with Crippen molar-refractivity contribution in [2.75, 3.05) is 6.54 Å². The van der Waals surface area contributed by atoms with Crippen LogP contribution in [0.4, 0.5) is 0 Å². The van der Waals surface area contributed by atoms with E-state index in [9.17, 15) is 9.90 Å². The number of thioether (sulfide) groups is 1. The maximum Gasteiger partial charge on any atom is 0.260 e. The number of rotatable bonds is 16. The van der Waals surface area contributed by atoms with Crippen LogP contribution in [0.15, 0.2) is 78.0 Å². The van der Waals surface area contributed by atoms with E-state index >= 15 is 0 Å². The number of fused-ring (bicyclic) bond motifs is 1. The second kappa shape index (κ2) is 15.6. The van der Waals surface area contributed by atoms with Gasteiger partial charge < -0.3 is 15.3 Å². The van der Waals surface area contributed by atoms with E-state index in [1.54, 1.807) is 17.8 Å². The van der Waals surface area contributed by atoms with Crippen molar-refractivity contribution in [2.45, 2.75) is 89.3 Å². The van der Waals surface area contributed by atoms with E-state index < -0.39 is 0 Å². The standard InChI is InChI=1S/C34H44N2O2S/c1-2-3-4-5-6-7-8-9-10-11-12-18-25-36-31(26-39-34(36)28-20-14-13-15-21-28)35-33(38)30-24-23-27-19-16-17-22-29(27)32(30)37/h13-17,19-24,26,34,37H,2-12,18,25H2,1H3,(H,35,38). The first-order chi connectivity index (χ1) is 19.2. The predicted octanol–water partition coefficient (Wildman–Crippen LogP) is 9.52. The van der Waals surface area contributed by atoms with Crippen LogP contribution in [-0.2, 0) is 0 Å². The van der Waals surface area contributed by atoms with Crippen LogP contribution in [0.5, 0.6) is 5.75 Å². The van der Waals surface area contributed by atoms with Gasteiger partial charge in [0.2, 0.25) is 0 Å². The highest BCUT2D eigenvalue weighted by Crippen LogP contribution is 2.42. The Balaban J connectivity index is 1.29. The summed E-state index contributed by atoms with van der Waals surface area (Å²) in [7, 11) is 0. The molecule has 1 atom stereocenters. The number of phenols is 1. The molecule has 0 radical (unpaired) electrons. The van der Waals surface area contributed by atoms with Gasteiger partial charge in [-0.1, -0.05) is 138 Å². The van der Waals surface area contributed by atoms with Crippen molar-refractivity contribution >= 4 is 28.4 Å². The molecule has 0 spiro atoms. The fourth-order valence-corrected chi connectivity index (χ4v) is 6.49. The van der Waals surface area contributed by atoms with E-state index in [0.717, 1.165) is 24.2 Å². The van der Waals surface area contributed by atoms with E-state index in [1.807, 2.05) is 41.8 Å². The van der Waals surface area contributed by atoms with Crippen molar-refractivity contribution in [1.82, 2.24) is 10.2 Å². The van der Waals surface area contributed by atoms with Gasteiger partial charge >= 0.3 is 0 Å². The molecule has 1 amide bonds. The molecule has 3 aromatic carbocycles. The van der Waals surface area contributed by atoms with Gasteiger partial charge in [0.1, 0.15) is 16.9 Å². The number of nitrogens with one attached hydrogen (secondary N) is 1. The summed E-state index contributed by atoms with van der Waals surface area (Å²) >= 11 is 1.73. The number of benzene rings is 3. The average Bonchev–Trinajstić information content (AvgIpc) is 3.36. The largest absolute Gasteiger partial charge is 0.506 e. The first kappa shape index (κ1) is 29.1. The quantitative estimate of drug-likeness (QED) is 0.176. The van der Waals surface area contributed by atoms with Gasteiger partial charge in [0.25, 0.3) is 5.91 Å². The minimum Gasteiger partial charge on any atom is -0.506 e. The molecule has 4 rings (SSSR count). The lowest BCUT2D eigenvalue weighted by molar-refractivity contribution is 0.0948. The molecule has 5 heteroatoms. The molecule has 0 saturated carbocycles. The Hall–Kier alpha value is -2.92. The van der Waals surface area contributed by atoms with E-state index in [0.29, 0.717) is 10.9 Å². The van der Waals surface area contributed by atoms with Gasteiger partial charge in [0, 0.05) is 17.3 Å². The molecule has 0 aliphatic carbocycles. The normalized spacial score (nSPS) is 15.1. The fraction of sp³-hybridized carbons (Fsp3) is 0.441. The summed E-state index contributed by atoms with van der Waals surface area (Å²) < 4.78 is 0. The molecule has 2 N–H and O–H groups in total. The molecule has 1 aliphatic heterocycles. The van der Waals surface area contributed by atoms with E-state index in [-0.39, 0.29) is 17.0 Å². The first-order valence-corrected chi connectivity index (χ1v) is 15.8. The smallest absolute Gasteiger partial charge is 0.260 e. The number of nitrogens with zero attached hydrogens (tertiary/aromatic N) is 1. The summed E-state index contributed by atoms with van der Waals surface area (Å²) in [5, 5.41) is 17.7. The maximum atomic E-state index is 13.3. The van der Waals surface area contributed by atoms with Gasteiger partial charge in [-0.2, -0.15) is 0 Å². The van der Waals surface area contributed by atoms with Crippen molar-refractivity contribution in [3.05, 3.63) is 89.1 Å². The van der Waals surface area contributed by atoms with Crippen LogP contribution in [0.1, 0.15) is 105 Å². The molecule has 39 heavy (non-hydrogen) atoms. The molecule has 0 aromatic heterocycles. The summed E-state index contributed by atoms with van der Waals surface area (Å²) in [6.45, 7) is 3.16. The average molecular weight is 545 g/mol. The molecule has 1 unspecified atom stereocenters. The molecule has 1 heterocycles. The summed E-state index contributed by atoms with van der Waals surface area (Å²) in [5.41, 5.74) is 1.53. The molecule has 0 bridgehead atoms. The van der Waals surface area contributed by atoms with Crippen molar-refractivity contribution in [2.24, 2.45) is 0 Å². The van der Waals surface area contributed by atoms with E-state index in [4.69, 9.17) is 0 Å². The van der Waals surface area contributed by atoms with Crippen LogP contribution >= 0.6 is 11.8 Å². The highest BCUT2D eigenvalue weighted by atomic mass is 32.2. The monoisotopic (exact) mass is 544 g/mol. The van der Waals surface area contributed by atoms with Crippen LogP contribution in [0.2, 0.25) is 0 Å². The summed E-state index contributed by atoms with van der Waals surface area (Å²) in [5.74, 6) is 0.567. The fourth-order valence-electron chi connectivity index (χ4n) is 5.36. The third-order valence-corrected chi connectivity index (χ3v) is 8.77. The number of phenolic OH excluding ortho intramolecular Hbond substituents is 1. The van der Waals surface area contributed by atoms with Crippen LogP contribution in [0.25, 0.3) is 10.8 Å². The molecular weight excluding hydrogens is 500 g/mol. The molecule has 1 aliphatic rings. The molecule has 4 nitrogen and oxygen atoms in total. The van der Waals surface area contributed by atoms with E-state index in [2.05, 4.69) is 41.4 Å². The third kappa shape index (κ3) is 8.28.